The predicted octanol–water partition coefficient (Wildman–Crippen LogP) is 2.04. The van der Waals surface area contributed by atoms with Gasteiger partial charge in [0, 0.05) is 11.9 Å². The lowest BCUT2D eigenvalue weighted by molar-refractivity contribution is -0.140. The third-order valence-corrected chi connectivity index (χ3v) is 4.83. The Morgan fingerprint density at radius 1 is 1.39 bits per heavy atom. The van der Waals surface area contributed by atoms with Crippen molar-refractivity contribution in [2.24, 2.45) is 0 Å². The average molecular weight is 339 g/mol. The van der Waals surface area contributed by atoms with Gasteiger partial charge in [-0.15, -0.1) is 11.3 Å². The maximum atomic E-state index is 12.4. The second-order valence-electron chi connectivity index (χ2n) is 6.12. The lowest BCUT2D eigenvalue weighted by atomic mass is 10.1. The van der Waals surface area contributed by atoms with Crippen LogP contribution in [0.3, 0.4) is 0 Å². The van der Waals surface area contributed by atoms with Gasteiger partial charge in [-0.05, 0) is 34.6 Å². The van der Waals surface area contributed by atoms with Gasteiger partial charge >= 0.3 is 6.09 Å². The number of hydrogen-bond acceptors (Lipinski definition) is 6. The van der Waals surface area contributed by atoms with Crippen molar-refractivity contribution in [3.63, 3.8) is 0 Å². The number of amides is 3. The molecule has 126 valence electrons. The fourth-order valence-electron chi connectivity index (χ4n) is 2.44. The van der Waals surface area contributed by atoms with E-state index in [1.807, 2.05) is 20.8 Å². The first-order chi connectivity index (χ1) is 10.5. The molecule has 0 saturated carbocycles. The molecule has 3 amide bonds. The minimum absolute atomic E-state index is 0.241. The van der Waals surface area contributed by atoms with Crippen molar-refractivity contribution in [1.29, 1.82) is 0 Å². The van der Waals surface area contributed by atoms with Gasteiger partial charge in [0.2, 0.25) is 5.91 Å². The van der Waals surface area contributed by atoms with Gasteiger partial charge in [-0.3, -0.25) is 9.59 Å². The lowest BCUT2D eigenvalue weighted by Crippen LogP contribution is -2.44. The number of cyclic esters (lactones) is 1. The molecule has 2 rings (SSSR count). The Hall–Kier alpha value is -1.96. The summed E-state index contributed by atoms with van der Waals surface area (Å²) >= 11 is 1.57. The lowest BCUT2D eigenvalue weighted by Gasteiger charge is -2.25. The third-order valence-electron chi connectivity index (χ3n) is 3.93. The molecule has 0 spiro atoms. The van der Waals surface area contributed by atoms with Crippen molar-refractivity contribution in [3.8, 4) is 0 Å². The summed E-state index contributed by atoms with van der Waals surface area (Å²) in [5.74, 6) is -0.844. The molecule has 2 heterocycles. The zero-order valence-electron chi connectivity index (χ0n) is 14.2. The van der Waals surface area contributed by atoms with Crippen molar-refractivity contribution in [2.75, 3.05) is 13.6 Å². The smallest absolute Gasteiger partial charge is 0.418 e. The van der Waals surface area contributed by atoms with Gasteiger partial charge in [-0.1, -0.05) is 0 Å². The molecule has 1 atom stereocenters. The fourth-order valence-corrected chi connectivity index (χ4v) is 3.35. The Morgan fingerprint density at radius 2 is 2.00 bits per heavy atom. The molecular formula is C15H21N3O4S. The molecule has 0 bridgehead atoms. The van der Waals surface area contributed by atoms with Crippen molar-refractivity contribution in [2.45, 2.75) is 46.3 Å². The molecule has 7 nitrogen and oxygen atoms in total. The Balaban J connectivity index is 2.10. The van der Waals surface area contributed by atoms with E-state index in [4.69, 9.17) is 4.74 Å². The number of ether oxygens (including phenoxy) is 1. The normalized spacial score (nSPS) is 18.1. The van der Waals surface area contributed by atoms with Gasteiger partial charge in [0.05, 0.1) is 16.7 Å². The van der Waals surface area contributed by atoms with Gasteiger partial charge in [-0.25, -0.2) is 14.7 Å². The van der Waals surface area contributed by atoms with Gasteiger partial charge in [-0.2, -0.15) is 0 Å². The summed E-state index contributed by atoms with van der Waals surface area (Å²) < 4.78 is 4.98. The summed E-state index contributed by atoms with van der Waals surface area (Å²) in [5.41, 5.74) is -0.386. The number of nitrogens with zero attached hydrogens (tertiary/aromatic N) is 3. The average Bonchev–Trinajstić information content (AvgIpc) is 2.88. The highest BCUT2D eigenvalue weighted by atomic mass is 32.1. The van der Waals surface area contributed by atoms with E-state index < -0.39 is 17.6 Å². The van der Waals surface area contributed by atoms with Crippen molar-refractivity contribution in [3.05, 3.63) is 15.6 Å². The Kier molecular flexibility index (Phi) is 4.48. The van der Waals surface area contributed by atoms with Crippen LogP contribution in [0.4, 0.5) is 4.79 Å². The number of likely N-dealkylation sites (N-methyl/N-ethyl adjacent to an activating group) is 1. The molecule has 0 aromatic carbocycles. The summed E-state index contributed by atoms with van der Waals surface area (Å²) in [7, 11) is 1.64. The quantitative estimate of drug-likeness (QED) is 0.838. The molecule has 0 radical (unpaired) electrons. The molecule has 0 N–H and O–H groups in total. The number of carbonyl (C=O) groups excluding carboxylic acids is 3. The second kappa shape index (κ2) is 5.92. The molecular weight excluding hydrogens is 318 g/mol. The van der Waals surface area contributed by atoms with E-state index in [-0.39, 0.29) is 18.5 Å². The standard InChI is InChI=1S/C15H21N3O4S/c1-8(12-9(2)23-10(3)16-12)17(6)11(19)7-18-13(20)15(4,5)22-14(18)21/h8H,7H2,1-6H3. The zero-order valence-corrected chi connectivity index (χ0v) is 15.0. The van der Waals surface area contributed by atoms with E-state index in [9.17, 15) is 14.4 Å². The van der Waals surface area contributed by atoms with Gasteiger partial charge in [0.1, 0.15) is 6.54 Å². The van der Waals surface area contributed by atoms with Gasteiger partial charge in [0.25, 0.3) is 5.91 Å². The van der Waals surface area contributed by atoms with Gasteiger partial charge < -0.3 is 9.64 Å². The van der Waals surface area contributed by atoms with E-state index in [0.717, 1.165) is 20.5 Å². The van der Waals surface area contributed by atoms with Crippen LogP contribution in [0.25, 0.3) is 0 Å². The highest BCUT2D eigenvalue weighted by Gasteiger charge is 2.48. The van der Waals surface area contributed by atoms with Crippen LogP contribution in [0.15, 0.2) is 0 Å². The molecule has 1 aromatic heterocycles. The summed E-state index contributed by atoms with van der Waals surface area (Å²) in [4.78, 5) is 44.1. The first-order valence-electron chi connectivity index (χ1n) is 7.29. The Morgan fingerprint density at radius 3 is 2.43 bits per heavy atom. The first kappa shape index (κ1) is 17.4. The molecule has 1 aliphatic heterocycles. The number of carbonyl (C=O) groups is 3. The molecule has 0 aliphatic carbocycles. The van der Waals surface area contributed by atoms with Crippen LogP contribution in [0.5, 0.6) is 0 Å². The van der Waals surface area contributed by atoms with Crippen molar-refractivity contribution >= 4 is 29.2 Å². The van der Waals surface area contributed by atoms with E-state index >= 15 is 0 Å². The van der Waals surface area contributed by atoms with E-state index in [0.29, 0.717) is 0 Å². The molecule has 1 unspecified atom stereocenters. The minimum atomic E-state index is -1.22. The number of thiazole rings is 1. The third kappa shape index (κ3) is 3.21. The monoisotopic (exact) mass is 339 g/mol. The molecule has 1 saturated heterocycles. The summed E-state index contributed by atoms with van der Waals surface area (Å²) in [5, 5.41) is 0.935. The molecule has 23 heavy (non-hydrogen) atoms. The zero-order chi connectivity index (χ0) is 17.5. The number of rotatable bonds is 4. The summed E-state index contributed by atoms with van der Waals surface area (Å²) in [6.07, 6.45) is -0.782. The van der Waals surface area contributed by atoms with Crippen LogP contribution in [-0.2, 0) is 14.3 Å². The number of aromatic nitrogens is 1. The van der Waals surface area contributed by atoms with Crippen LogP contribution in [0.2, 0.25) is 0 Å². The predicted molar refractivity (Wildman–Crippen MR) is 85.0 cm³/mol. The highest BCUT2D eigenvalue weighted by molar-refractivity contribution is 7.11. The number of aryl methyl sites for hydroxylation is 2. The molecule has 1 aliphatic rings. The summed E-state index contributed by atoms with van der Waals surface area (Å²) in [6.45, 7) is 8.42. The topological polar surface area (TPSA) is 79.8 Å². The minimum Gasteiger partial charge on any atom is -0.433 e. The number of imide groups is 1. The second-order valence-corrected chi connectivity index (χ2v) is 7.53. The maximum absolute atomic E-state index is 12.4. The molecule has 8 heteroatoms. The van der Waals surface area contributed by atoms with E-state index in [1.54, 1.807) is 18.4 Å². The first-order valence-corrected chi connectivity index (χ1v) is 8.10. The van der Waals surface area contributed by atoms with E-state index in [1.165, 1.54) is 18.7 Å². The molecule has 1 fully saturated rings. The number of hydrogen-bond donors (Lipinski definition) is 0. The van der Waals surface area contributed by atoms with Crippen LogP contribution < -0.4 is 0 Å². The van der Waals surface area contributed by atoms with Crippen LogP contribution >= 0.6 is 11.3 Å². The molecule has 1 aromatic rings. The fraction of sp³-hybridized carbons (Fsp3) is 0.600. The largest absolute Gasteiger partial charge is 0.433 e. The Labute approximate surface area is 139 Å². The summed E-state index contributed by atoms with van der Waals surface area (Å²) in [6, 6.07) is -0.241. The maximum Gasteiger partial charge on any atom is 0.418 e. The Bertz CT molecular complexity index is 668. The van der Waals surface area contributed by atoms with Crippen molar-refractivity contribution in [1.82, 2.24) is 14.8 Å². The van der Waals surface area contributed by atoms with Crippen LogP contribution in [0.1, 0.15) is 42.4 Å². The van der Waals surface area contributed by atoms with Gasteiger partial charge in [0.15, 0.2) is 5.60 Å². The van der Waals surface area contributed by atoms with Crippen molar-refractivity contribution < 1.29 is 19.1 Å². The van der Waals surface area contributed by atoms with Crippen LogP contribution in [-0.4, -0.2) is 51.9 Å². The SMILES string of the molecule is Cc1nc(C(C)N(C)C(=O)CN2C(=O)OC(C)(C)C2=O)c(C)s1. The highest BCUT2D eigenvalue weighted by Crippen LogP contribution is 2.27. The van der Waals surface area contributed by atoms with Crippen LogP contribution in [0, 0.1) is 13.8 Å². The van der Waals surface area contributed by atoms with E-state index in [2.05, 4.69) is 4.98 Å².